The summed E-state index contributed by atoms with van der Waals surface area (Å²) in [6.07, 6.45) is -4.11. The zero-order chi connectivity index (χ0) is 21.1. The van der Waals surface area contributed by atoms with E-state index in [4.69, 9.17) is 0 Å². The van der Waals surface area contributed by atoms with Crippen LogP contribution in [-0.4, -0.2) is 38.5 Å². The first-order valence-corrected chi connectivity index (χ1v) is 10.6. The van der Waals surface area contributed by atoms with Gasteiger partial charge in [-0.15, -0.1) is 0 Å². The summed E-state index contributed by atoms with van der Waals surface area (Å²) >= 11 is 0. The number of carbonyl (C=O) groups excluding carboxylic acids is 1. The van der Waals surface area contributed by atoms with Gasteiger partial charge in [-0.2, -0.15) is 13.2 Å². The van der Waals surface area contributed by atoms with Crippen LogP contribution in [0.4, 0.5) is 13.2 Å². The Bertz CT molecular complexity index is 962. The molecule has 1 aliphatic heterocycles. The van der Waals surface area contributed by atoms with Crippen molar-refractivity contribution < 1.29 is 26.4 Å². The monoisotopic (exact) mass is 426 g/mol. The Morgan fingerprint density at radius 1 is 1.10 bits per heavy atom. The Hall–Kier alpha value is -2.39. The van der Waals surface area contributed by atoms with Gasteiger partial charge in [-0.3, -0.25) is 4.79 Å². The third-order valence-corrected chi connectivity index (χ3v) is 6.27. The summed E-state index contributed by atoms with van der Waals surface area (Å²) in [6, 6.07) is 14.3. The summed E-state index contributed by atoms with van der Waals surface area (Å²) in [4.78, 5) is 13.7. The van der Waals surface area contributed by atoms with Crippen LogP contribution in [0.15, 0.2) is 59.5 Å². The Balaban J connectivity index is 1.73. The van der Waals surface area contributed by atoms with Crippen LogP contribution in [0.1, 0.15) is 28.8 Å². The zero-order valence-corrected chi connectivity index (χ0v) is 16.3. The van der Waals surface area contributed by atoms with E-state index in [9.17, 15) is 26.4 Å². The highest BCUT2D eigenvalue weighted by Crippen LogP contribution is 2.33. The maximum atomic E-state index is 13.0. The van der Waals surface area contributed by atoms with E-state index < -0.39 is 34.6 Å². The van der Waals surface area contributed by atoms with Gasteiger partial charge < -0.3 is 4.90 Å². The smallest absolute Gasteiger partial charge is 0.338 e. The van der Waals surface area contributed by atoms with Gasteiger partial charge in [-0.1, -0.05) is 36.4 Å². The number of nitrogens with zero attached hydrogens (tertiary/aromatic N) is 1. The predicted molar refractivity (Wildman–Crippen MR) is 102 cm³/mol. The summed E-state index contributed by atoms with van der Waals surface area (Å²) in [5.74, 6) is -2.15. The second-order valence-electron chi connectivity index (χ2n) is 6.97. The topological polar surface area (TPSA) is 66.5 Å². The largest absolute Gasteiger partial charge is 0.393 e. The molecule has 1 amide bonds. The predicted octanol–water partition coefficient (Wildman–Crippen LogP) is 3.58. The lowest BCUT2D eigenvalue weighted by Gasteiger charge is -2.33. The molecule has 1 saturated heterocycles. The van der Waals surface area contributed by atoms with Crippen molar-refractivity contribution in [2.75, 3.05) is 13.1 Å². The zero-order valence-electron chi connectivity index (χ0n) is 15.5. The molecule has 1 N–H and O–H groups in total. The number of hydrogen-bond acceptors (Lipinski definition) is 3. The van der Waals surface area contributed by atoms with Crippen LogP contribution in [0.5, 0.6) is 0 Å². The maximum absolute atomic E-state index is 13.0. The number of rotatable bonds is 5. The molecule has 29 heavy (non-hydrogen) atoms. The molecular weight excluding hydrogens is 405 g/mol. The van der Waals surface area contributed by atoms with Gasteiger partial charge in [-0.05, 0) is 36.6 Å². The van der Waals surface area contributed by atoms with Crippen molar-refractivity contribution in [1.29, 1.82) is 0 Å². The van der Waals surface area contributed by atoms with Crippen LogP contribution in [0.3, 0.4) is 0 Å². The second kappa shape index (κ2) is 8.54. The van der Waals surface area contributed by atoms with Crippen molar-refractivity contribution in [1.82, 2.24) is 9.62 Å². The fraction of sp³-hybridized carbons (Fsp3) is 0.350. The van der Waals surface area contributed by atoms with Crippen LogP contribution >= 0.6 is 0 Å². The molecule has 0 saturated carbocycles. The summed E-state index contributed by atoms with van der Waals surface area (Å²) in [5, 5.41) is 0. The molecule has 5 nitrogen and oxygen atoms in total. The van der Waals surface area contributed by atoms with Gasteiger partial charge in [0, 0.05) is 25.2 Å². The molecule has 0 aromatic heterocycles. The molecule has 1 aliphatic rings. The molecule has 9 heteroatoms. The Morgan fingerprint density at radius 3 is 2.52 bits per heavy atom. The summed E-state index contributed by atoms with van der Waals surface area (Å²) in [6.45, 7) is -0.110. The van der Waals surface area contributed by atoms with E-state index in [1.165, 1.54) is 24.3 Å². The Morgan fingerprint density at radius 2 is 1.83 bits per heavy atom. The second-order valence-corrected chi connectivity index (χ2v) is 8.74. The molecule has 1 fully saturated rings. The number of likely N-dealkylation sites (tertiary alicyclic amines) is 1. The number of nitrogens with one attached hydrogen (secondary N) is 1. The van der Waals surface area contributed by atoms with Gasteiger partial charge in [0.25, 0.3) is 5.91 Å². The summed E-state index contributed by atoms with van der Waals surface area (Å²) < 4.78 is 66.6. The normalized spacial score (nSPS) is 17.9. The molecule has 1 atom stereocenters. The van der Waals surface area contributed by atoms with Crippen LogP contribution < -0.4 is 4.72 Å². The quantitative estimate of drug-likeness (QED) is 0.795. The highest BCUT2D eigenvalue weighted by atomic mass is 32.2. The lowest BCUT2D eigenvalue weighted by molar-refractivity contribution is -0.184. The van der Waals surface area contributed by atoms with Gasteiger partial charge >= 0.3 is 6.18 Å². The number of amides is 1. The maximum Gasteiger partial charge on any atom is 0.393 e. The molecule has 0 unspecified atom stereocenters. The third-order valence-electron chi connectivity index (χ3n) is 4.87. The van der Waals surface area contributed by atoms with Gasteiger partial charge in [0.15, 0.2) is 0 Å². The number of benzene rings is 2. The number of halogens is 3. The van der Waals surface area contributed by atoms with Crippen molar-refractivity contribution >= 4 is 15.9 Å². The molecule has 2 aromatic rings. The van der Waals surface area contributed by atoms with Gasteiger partial charge in [-0.25, -0.2) is 13.1 Å². The van der Waals surface area contributed by atoms with Crippen LogP contribution in [-0.2, 0) is 16.6 Å². The lowest BCUT2D eigenvalue weighted by atomic mass is 9.97. The van der Waals surface area contributed by atoms with Gasteiger partial charge in [0.05, 0.1) is 10.8 Å². The lowest BCUT2D eigenvalue weighted by Crippen LogP contribution is -2.44. The van der Waals surface area contributed by atoms with Crippen LogP contribution in [0.25, 0.3) is 0 Å². The number of piperidine rings is 1. The van der Waals surface area contributed by atoms with E-state index in [2.05, 4.69) is 4.72 Å². The van der Waals surface area contributed by atoms with E-state index in [1.807, 2.05) is 6.07 Å². The summed E-state index contributed by atoms with van der Waals surface area (Å²) in [7, 11) is -3.88. The first-order valence-electron chi connectivity index (χ1n) is 9.16. The fourth-order valence-corrected chi connectivity index (χ4v) is 4.33. The minimum Gasteiger partial charge on any atom is -0.338 e. The minimum atomic E-state index is -4.36. The number of alkyl halides is 3. The Labute approximate surface area is 167 Å². The molecule has 1 heterocycles. The minimum absolute atomic E-state index is 0.00882. The first-order chi connectivity index (χ1) is 13.7. The van der Waals surface area contributed by atoms with Crippen molar-refractivity contribution in [3.63, 3.8) is 0 Å². The summed E-state index contributed by atoms with van der Waals surface area (Å²) in [5.41, 5.74) is 0.824. The van der Waals surface area contributed by atoms with Crippen LogP contribution in [0, 0.1) is 5.92 Å². The van der Waals surface area contributed by atoms with Crippen molar-refractivity contribution in [3.05, 3.63) is 65.7 Å². The fourth-order valence-electron chi connectivity index (χ4n) is 3.27. The molecule has 0 bridgehead atoms. The van der Waals surface area contributed by atoms with Gasteiger partial charge in [0.1, 0.15) is 0 Å². The average Bonchev–Trinajstić information content (AvgIpc) is 2.72. The molecular formula is C20H21F3N2O3S. The van der Waals surface area contributed by atoms with E-state index in [0.29, 0.717) is 0 Å². The molecule has 2 aromatic carbocycles. The van der Waals surface area contributed by atoms with E-state index in [-0.39, 0.29) is 36.4 Å². The van der Waals surface area contributed by atoms with Crippen LogP contribution in [0.2, 0.25) is 0 Å². The van der Waals surface area contributed by atoms with E-state index in [1.54, 1.807) is 24.3 Å². The standard InChI is InChI=1S/C20H21F3N2O3S/c21-20(22,23)17-9-5-11-25(14-17)19(26)16-8-4-10-18(12-16)29(27,28)24-13-15-6-2-1-3-7-15/h1-4,6-8,10,12,17,24H,5,9,11,13-14H2/t17-/m0/s1. The molecule has 0 spiro atoms. The highest BCUT2D eigenvalue weighted by molar-refractivity contribution is 7.89. The van der Waals surface area contributed by atoms with Gasteiger partial charge in [0.2, 0.25) is 10.0 Å². The third kappa shape index (κ3) is 5.36. The molecule has 156 valence electrons. The van der Waals surface area contributed by atoms with E-state index in [0.717, 1.165) is 10.5 Å². The first kappa shape index (κ1) is 21.3. The highest BCUT2D eigenvalue weighted by Gasteiger charge is 2.42. The number of hydrogen-bond donors (Lipinski definition) is 1. The van der Waals surface area contributed by atoms with Crippen molar-refractivity contribution in [3.8, 4) is 0 Å². The van der Waals surface area contributed by atoms with Crippen molar-refractivity contribution in [2.24, 2.45) is 5.92 Å². The molecule has 0 radical (unpaired) electrons. The molecule has 0 aliphatic carbocycles. The van der Waals surface area contributed by atoms with E-state index >= 15 is 0 Å². The number of sulfonamides is 1. The average molecular weight is 426 g/mol. The molecule has 3 rings (SSSR count). The SMILES string of the molecule is O=C(c1cccc(S(=O)(=O)NCc2ccccc2)c1)N1CCC[C@H](C(F)(F)F)C1. The number of carbonyl (C=O) groups is 1. The van der Waals surface area contributed by atoms with Crippen molar-refractivity contribution in [2.45, 2.75) is 30.5 Å². The Kier molecular flexibility index (Phi) is 6.28.